The van der Waals surface area contributed by atoms with Gasteiger partial charge >= 0.3 is 5.97 Å². The van der Waals surface area contributed by atoms with E-state index in [1.54, 1.807) is 0 Å². The van der Waals surface area contributed by atoms with Crippen molar-refractivity contribution < 1.29 is 15.0 Å². The Morgan fingerprint density at radius 3 is 2.27 bits per heavy atom. The van der Waals surface area contributed by atoms with Gasteiger partial charge in [-0.3, -0.25) is 4.79 Å². The highest BCUT2D eigenvalue weighted by Crippen LogP contribution is 2.74. The fourth-order valence-electron chi connectivity index (χ4n) is 9.23. The van der Waals surface area contributed by atoms with Gasteiger partial charge in [-0.15, -0.1) is 0 Å². The number of carbonyl (C=O) groups is 1. The molecule has 0 saturated heterocycles. The number of allylic oxidation sites excluding steroid dienone is 3. The zero-order chi connectivity index (χ0) is 24.8. The van der Waals surface area contributed by atoms with Crippen molar-refractivity contribution in [2.24, 2.45) is 39.9 Å². The number of fused-ring (bicyclic) bond motifs is 3. The molecule has 0 aromatic heterocycles. The molecule has 3 aliphatic rings. The van der Waals surface area contributed by atoms with Gasteiger partial charge in [-0.2, -0.15) is 0 Å². The number of carboxylic acids is 1. The van der Waals surface area contributed by atoms with Crippen LogP contribution in [0.25, 0.3) is 0 Å². The average molecular weight is 459 g/mol. The topological polar surface area (TPSA) is 57.5 Å². The standard InChI is InChI=1S/C30H50O3/c1-20(2)10-9-16-30(8,33)24-14-18-28(6)23(24)11-12-25-27(5,17-15-26(31)32)22(21(3)4)13-19-29(25,28)7/h10,22-25,33H,3,9,11-19H2,1-2,4-8H3,(H,31,32)/t22-,23+,24-,25?,27-,28+,29+,30-/m0/s1. The molecule has 188 valence electrons. The fraction of sp³-hybridized carbons (Fsp3) is 0.833. The molecule has 0 aliphatic heterocycles. The summed E-state index contributed by atoms with van der Waals surface area (Å²) in [6.07, 6.45) is 11.9. The van der Waals surface area contributed by atoms with Gasteiger partial charge < -0.3 is 10.2 Å². The van der Waals surface area contributed by atoms with Crippen LogP contribution in [0.4, 0.5) is 0 Å². The molecule has 3 heteroatoms. The Hall–Kier alpha value is -1.09. The van der Waals surface area contributed by atoms with Crippen LogP contribution >= 0.6 is 0 Å². The van der Waals surface area contributed by atoms with Gasteiger partial charge in [-0.05, 0) is 125 Å². The van der Waals surface area contributed by atoms with Gasteiger partial charge in [0.15, 0.2) is 0 Å². The van der Waals surface area contributed by atoms with E-state index in [1.165, 1.54) is 24.0 Å². The molecule has 0 aromatic rings. The summed E-state index contributed by atoms with van der Waals surface area (Å²) < 4.78 is 0. The van der Waals surface area contributed by atoms with Crippen molar-refractivity contribution in [1.29, 1.82) is 0 Å². The maximum Gasteiger partial charge on any atom is 0.303 e. The molecule has 0 radical (unpaired) electrons. The largest absolute Gasteiger partial charge is 0.481 e. The van der Waals surface area contributed by atoms with Crippen molar-refractivity contribution in [1.82, 2.24) is 0 Å². The molecule has 3 rings (SSSR count). The van der Waals surface area contributed by atoms with Gasteiger partial charge in [-0.25, -0.2) is 0 Å². The minimum Gasteiger partial charge on any atom is -0.481 e. The molecule has 0 bridgehead atoms. The van der Waals surface area contributed by atoms with Crippen molar-refractivity contribution >= 4 is 5.97 Å². The number of aliphatic hydroxyl groups is 1. The van der Waals surface area contributed by atoms with Crippen LogP contribution in [-0.2, 0) is 4.79 Å². The second kappa shape index (κ2) is 9.17. The summed E-state index contributed by atoms with van der Waals surface area (Å²) >= 11 is 0. The van der Waals surface area contributed by atoms with E-state index in [0.717, 1.165) is 44.9 Å². The smallest absolute Gasteiger partial charge is 0.303 e. The molecular formula is C30H50O3. The van der Waals surface area contributed by atoms with Gasteiger partial charge in [-0.1, -0.05) is 44.6 Å². The monoisotopic (exact) mass is 458 g/mol. The van der Waals surface area contributed by atoms with Crippen LogP contribution in [0, 0.1) is 39.9 Å². The summed E-state index contributed by atoms with van der Waals surface area (Å²) in [4.78, 5) is 11.6. The SMILES string of the molecule is C=C(C)[C@@H]1CC[C@]2(C)C(CC[C@@H]3[C@@H]([C@@](C)(O)CCC=C(C)C)CC[C@]32C)[C@@]1(C)CCC(=O)O. The molecule has 33 heavy (non-hydrogen) atoms. The second-order valence-electron chi connectivity index (χ2n) is 13.2. The highest BCUT2D eigenvalue weighted by atomic mass is 16.4. The van der Waals surface area contributed by atoms with Crippen LogP contribution in [-0.4, -0.2) is 21.8 Å². The molecule has 3 saturated carbocycles. The first-order valence-electron chi connectivity index (χ1n) is 13.4. The maximum atomic E-state index is 11.6. The Bertz CT molecular complexity index is 790. The molecule has 3 aliphatic carbocycles. The lowest BCUT2D eigenvalue weighted by molar-refractivity contribution is -0.179. The summed E-state index contributed by atoms with van der Waals surface area (Å²) in [5.41, 5.74) is 2.29. The van der Waals surface area contributed by atoms with Gasteiger partial charge in [0.1, 0.15) is 0 Å². The average Bonchev–Trinajstić information content (AvgIpc) is 3.05. The zero-order valence-electron chi connectivity index (χ0n) is 22.5. The number of hydrogen-bond acceptors (Lipinski definition) is 2. The molecule has 8 atom stereocenters. The first-order valence-corrected chi connectivity index (χ1v) is 13.4. The third-order valence-electron chi connectivity index (χ3n) is 11.1. The van der Waals surface area contributed by atoms with Gasteiger partial charge in [0.2, 0.25) is 0 Å². The lowest BCUT2D eigenvalue weighted by Crippen LogP contribution is -2.60. The normalized spacial score (nSPS) is 42.1. The van der Waals surface area contributed by atoms with Crippen molar-refractivity contribution in [2.75, 3.05) is 0 Å². The third kappa shape index (κ3) is 4.48. The second-order valence-corrected chi connectivity index (χ2v) is 13.2. The van der Waals surface area contributed by atoms with E-state index >= 15 is 0 Å². The minimum atomic E-state index is -0.683. The molecular weight excluding hydrogens is 408 g/mol. The molecule has 0 amide bonds. The Balaban J connectivity index is 1.91. The first kappa shape index (κ1) is 26.5. The Morgan fingerprint density at radius 1 is 1.06 bits per heavy atom. The van der Waals surface area contributed by atoms with E-state index < -0.39 is 11.6 Å². The van der Waals surface area contributed by atoms with E-state index in [2.05, 4.69) is 61.1 Å². The van der Waals surface area contributed by atoms with Crippen molar-refractivity contribution in [3.8, 4) is 0 Å². The highest BCUT2D eigenvalue weighted by molar-refractivity contribution is 5.66. The van der Waals surface area contributed by atoms with Crippen LogP contribution in [0.15, 0.2) is 23.8 Å². The summed E-state index contributed by atoms with van der Waals surface area (Å²) in [6, 6.07) is 0. The molecule has 0 spiro atoms. The van der Waals surface area contributed by atoms with Gasteiger partial charge in [0.05, 0.1) is 5.60 Å². The fourth-order valence-corrected chi connectivity index (χ4v) is 9.23. The van der Waals surface area contributed by atoms with Crippen molar-refractivity contribution in [3.05, 3.63) is 23.8 Å². The molecule has 3 nitrogen and oxygen atoms in total. The lowest BCUT2D eigenvalue weighted by atomic mass is 9.38. The van der Waals surface area contributed by atoms with Gasteiger partial charge in [0, 0.05) is 6.42 Å². The summed E-state index contributed by atoms with van der Waals surface area (Å²) in [6.45, 7) is 20.3. The summed E-state index contributed by atoms with van der Waals surface area (Å²) in [5, 5.41) is 21.1. The van der Waals surface area contributed by atoms with Crippen LogP contribution < -0.4 is 0 Å². The lowest BCUT2D eigenvalue weighted by Gasteiger charge is -2.66. The van der Waals surface area contributed by atoms with Gasteiger partial charge in [0.25, 0.3) is 0 Å². The van der Waals surface area contributed by atoms with E-state index in [4.69, 9.17) is 0 Å². The molecule has 2 N–H and O–H groups in total. The first-order chi connectivity index (χ1) is 15.2. The Kier molecular flexibility index (Phi) is 7.37. The van der Waals surface area contributed by atoms with Crippen LogP contribution in [0.2, 0.25) is 0 Å². The predicted octanol–water partition coefficient (Wildman–Crippen LogP) is 7.79. The van der Waals surface area contributed by atoms with Crippen LogP contribution in [0.3, 0.4) is 0 Å². The summed E-state index contributed by atoms with van der Waals surface area (Å²) in [5.74, 6) is 1.13. The third-order valence-corrected chi connectivity index (χ3v) is 11.1. The Morgan fingerprint density at radius 2 is 1.70 bits per heavy atom. The highest BCUT2D eigenvalue weighted by Gasteiger charge is 2.67. The zero-order valence-corrected chi connectivity index (χ0v) is 22.5. The Labute approximate surface area is 203 Å². The number of rotatable bonds is 8. The van der Waals surface area contributed by atoms with E-state index in [1.807, 2.05) is 0 Å². The number of aliphatic carboxylic acids is 1. The van der Waals surface area contributed by atoms with Crippen molar-refractivity contribution in [2.45, 2.75) is 118 Å². The molecule has 0 heterocycles. The van der Waals surface area contributed by atoms with E-state index in [-0.39, 0.29) is 22.7 Å². The van der Waals surface area contributed by atoms with Crippen molar-refractivity contribution in [3.63, 3.8) is 0 Å². The number of carboxylic acid groups (broad SMARTS) is 1. The number of hydrogen-bond donors (Lipinski definition) is 2. The molecule has 3 fully saturated rings. The molecule has 0 aromatic carbocycles. The quantitative estimate of drug-likeness (QED) is 0.365. The maximum absolute atomic E-state index is 11.6. The van der Waals surface area contributed by atoms with E-state index in [9.17, 15) is 15.0 Å². The molecule has 1 unspecified atom stereocenters. The summed E-state index contributed by atoms with van der Waals surface area (Å²) in [7, 11) is 0. The van der Waals surface area contributed by atoms with E-state index in [0.29, 0.717) is 23.7 Å². The van der Waals surface area contributed by atoms with Crippen LogP contribution in [0.1, 0.15) is 113 Å². The van der Waals surface area contributed by atoms with Crippen LogP contribution in [0.5, 0.6) is 0 Å². The predicted molar refractivity (Wildman–Crippen MR) is 137 cm³/mol. The minimum absolute atomic E-state index is 0.0186.